The molecule has 0 aliphatic heterocycles. The molecule has 6 heteroatoms. The number of ether oxygens (including phenoxy) is 1. The number of pyridine rings is 1. The first-order valence-corrected chi connectivity index (χ1v) is 9.02. The molecule has 0 unspecified atom stereocenters. The number of nitrogens with one attached hydrogen (secondary N) is 1. The van der Waals surface area contributed by atoms with E-state index in [0.717, 1.165) is 10.5 Å². The maximum Gasteiger partial charge on any atom is 0.343 e. The number of hydrogen-bond acceptors (Lipinski definition) is 4. The van der Waals surface area contributed by atoms with E-state index in [0.29, 0.717) is 16.8 Å². The smallest absolute Gasteiger partial charge is 0.343 e. The predicted molar refractivity (Wildman–Crippen MR) is 101 cm³/mol. The normalized spacial score (nSPS) is 10.6. The standard InChI is InChI=1S/C20H16FNO3S/c1-25-20(24)17-11-16(12-3-7-14(21)8-4-12)18(22-19(17)23)13-5-9-15(26-2)10-6-13/h3-11H,1-2H3,(H,22,23). The highest BCUT2D eigenvalue weighted by atomic mass is 32.2. The van der Waals surface area contributed by atoms with Gasteiger partial charge in [-0.3, -0.25) is 4.79 Å². The van der Waals surface area contributed by atoms with Gasteiger partial charge in [-0.05, 0) is 47.7 Å². The molecule has 0 atom stereocenters. The van der Waals surface area contributed by atoms with Crippen LogP contribution in [0.2, 0.25) is 0 Å². The third-order valence-electron chi connectivity index (χ3n) is 3.98. The van der Waals surface area contributed by atoms with Crippen molar-refractivity contribution in [2.45, 2.75) is 4.90 Å². The van der Waals surface area contributed by atoms with Crippen LogP contribution in [0.5, 0.6) is 0 Å². The fourth-order valence-electron chi connectivity index (χ4n) is 2.63. The van der Waals surface area contributed by atoms with Crippen molar-refractivity contribution in [1.29, 1.82) is 0 Å². The fourth-order valence-corrected chi connectivity index (χ4v) is 3.04. The van der Waals surface area contributed by atoms with Crippen LogP contribution in [0.3, 0.4) is 0 Å². The molecule has 0 amide bonds. The van der Waals surface area contributed by atoms with Gasteiger partial charge in [0.15, 0.2) is 0 Å². The summed E-state index contributed by atoms with van der Waals surface area (Å²) in [6, 6.07) is 15.0. The Morgan fingerprint density at radius 2 is 1.65 bits per heavy atom. The molecule has 3 aromatic rings. The zero-order valence-electron chi connectivity index (χ0n) is 14.2. The molecule has 0 spiro atoms. The molecule has 0 aliphatic rings. The van der Waals surface area contributed by atoms with E-state index in [1.807, 2.05) is 30.5 Å². The lowest BCUT2D eigenvalue weighted by Crippen LogP contribution is -2.19. The van der Waals surface area contributed by atoms with Gasteiger partial charge in [0.05, 0.1) is 12.8 Å². The Labute approximate surface area is 154 Å². The van der Waals surface area contributed by atoms with Gasteiger partial charge in [-0.1, -0.05) is 24.3 Å². The molecule has 0 bridgehead atoms. The van der Waals surface area contributed by atoms with Crippen molar-refractivity contribution < 1.29 is 13.9 Å². The third-order valence-corrected chi connectivity index (χ3v) is 4.72. The number of hydrogen-bond donors (Lipinski definition) is 1. The van der Waals surface area contributed by atoms with Crippen molar-refractivity contribution in [3.8, 4) is 22.4 Å². The molecule has 1 heterocycles. The van der Waals surface area contributed by atoms with Crippen molar-refractivity contribution in [2.24, 2.45) is 0 Å². The molecular formula is C20H16FNO3S. The Morgan fingerprint density at radius 3 is 2.23 bits per heavy atom. The van der Waals surface area contributed by atoms with Gasteiger partial charge < -0.3 is 9.72 Å². The number of rotatable bonds is 4. The molecule has 1 N–H and O–H groups in total. The fraction of sp³-hybridized carbons (Fsp3) is 0.100. The number of carbonyl (C=O) groups excluding carboxylic acids is 1. The highest BCUT2D eigenvalue weighted by molar-refractivity contribution is 7.98. The lowest BCUT2D eigenvalue weighted by atomic mass is 9.97. The van der Waals surface area contributed by atoms with E-state index in [1.165, 1.54) is 25.3 Å². The Bertz CT molecular complexity index is 995. The van der Waals surface area contributed by atoms with Crippen LogP contribution in [-0.2, 0) is 4.74 Å². The first-order chi connectivity index (χ1) is 12.5. The zero-order chi connectivity index (χ0) is 18.7. The number of carbonyl (C=O) groups is 1. The van der Waals surface area contributed by atoms with Crippen LogP contribution in [0.25, 0.3) is 22.4 Å². The quantitative estimate of drug-likeness (QED) is 0.548. The van der Waals surface area contributed by atoms with Crippen LogP contribution < -0.4 is 5.56 Å². The molecule has 26 heavy (non-hydrogen) atoms. The maximum absolute atomic E-state index is 13.3. The van der Waals surface area contributed by atoms with Gasteiger partial charge in [-0.15, -0.1) is 11.8 Å². The van der Waals surface area contributed by atoms with Crippen molar-refractivity contribution >= 4 is 17.7 Å². The van der Waals surface area contributed by atoms with Crippen molar-refractivity contribution in [2.75, 3.05) is 13.4 Å². The number of thioether (sulfide) groups is 1. The summed E-state index contributed by atoms with van der Waals surface area (Å²) < 4.78 is 18.0. The van der Waals surface area contributed by atoms with Crippen molar-refractivity contribution in [3.63, 3.8) is 0 Å². The number of aromatic nitrogens is 1. The Hall–Kier alpha value is -2.86. The van der Waals surface area contributed by atoms with Crippen LogP contribution in [0.15, 0.2) is 64.3 Å². The summed E-state index contributed by atoms with van der Waals surface area (Å²) in [7, 11) is 1.22. The van der Waals surface area contributed by atoms with Gasteiger partial charge >= 0.3 is 5.97 Å². The topological polar surface area (TPSA) is 59.2 Å². The third kappa shape index (κ3) is 3.55. The van der Waals surface area contributed by atoms with E-state index in [1.54, 1.807) is 23.9 Å². The number of benzene rings is 2. The number of aromatic amines is 1. The predicted octanol–water partition coefficient (Wildman–Crippen LogP) is 4.36. The molecule has 0 radical (unpaired) electrons. The van der Waals surface area contributed by atoms with Crippen LogP contribution in [0.4, 0.5) is 4.39 Å². The van der Waals surface area contributed by atoms with Gasteiger partial charge in [-0.2, -0.15) is 0 Å². The number of esters is 1. The van der Waals surface area contributed by atoms with Crippen molar-refractivity contribution in [1.82, 2.24) is 4.98 Å². The van der Waals surface area contributed by atoms with E-state index in [4.69, 9.17) is 0 Å². The molecule has 2 aromatic carbocycles. The number of H-pyrrole nitrogens is 1. The summed E-state index contributed by atoms with van der Waals surface area (Å²) in [6.07, 6.45) is 1.98. The summed E-state index contributed by atoms with van der Waals surface area (Å²) in [6.45, 7) is 0. The van der Waals surface area contributed by atoms with Gasteiger partial charge in [0, 0.05) is 10.5 Å². The zero-order valence-corrected chi connectivity index (χ0v) is 15.0. The van der Waals surface area contributed by atoms with Crippen LogP contribution in [0.1, 0.15) is 10.4 Å². The SMILES string of the molecule is COC(=O)c1cc(-c2ccc(F)cc2)c(-c2ccc(SC)cc2)[nH]c1=O. The van der Waals surface area contributed by atoms with Gasteiger partial charge in [0.2, 0.25) is 0 Å². The molecule has 0 saturated heterocycles. The van der Waals surface area contributed by atoms with E-state index in [-0.39, 0.29) is 11.4 Å². The average Bonchev–Trinajstić information content (AvgIpc) is 2.68. The Kier molecular flexibility index (Phi) is 5.23. The van der Waals surface area contributed by atoms with Gasteiger partial charge in [0.1, 0.15) is 11.4 Å². The van der Waals surface area contributed by atoms with Gasteiger partial charge in [-0.25, -0.2) is 9.18 Å². The monoisotopic (exact) mass is 369 g/mol. The Morgan fingerprint density at radius 1 is 1.04 bits per heavy atom. The first kappa shape index (κ1) is 17.9. The molecule has 0 fully saturated rings. The molecule has 0 saturated carbocycles. The number of methoxy groups -OCH3 is 1. The first-order valence-electron chi connectivity index (χ1n) is 7.79. The number of halogens is 1. The van der Waals surface area contributed by atoms with Crippen LogP contribution in [0, 0.1) is 5.82 Å². The maximum atomic E-state index is 13.3. The van der Waals surface area contributed by atoms with Gasteiger partial charge in [0.25, 0.3) is 5.56 Å². The van der Waals surface area contributed by atoms with Crippen molar-refractivity contribution in [3.05, 3.63) is 76.3 Å². The largest absolute Gasteiger partial charge is 0.465 e. The second kappa shape index (κ2) is 7.58. The summed E-state index contributed by atoms with van der Waals surface area (Å²) in [5.41, 5.74) is 2.00. The molecule has 3 rings (SSSR count). The highest BCUT2D eigenvalue weighted by Gasteiger charge is 2.17. The molecular weight excluding hydrogens is 353 g/mol. The van der Waals surface area contributed by atoms with Crippen LogP contribution in [-0.4, -0.2) is 24.3 Å². The van der Waals surface area contributed by atoms with E-state index < -0.39 is 11.5 Å². The minimum absolute atomic E-state index is 0.101. The minimum Gasteiger partial charge on any atom is -0.465 e. The Balaban J connectivity index is 2.24. The average molecular weight is 369 g/mol. The lowest BCUT2D eigenvalue weighted by Gasteiger charge is -2.12. The summed E-state index contributed by atoms with van der Waals surface area (Å²) >= 11 is 1.61. The molecule has 0 aliphatic carbocycles. The molecule has 132 valence electrons. The van der Waals surface area contributed by atoms with Crippen LogP contribution >= 0.6 is 11.8 Å². The molecule has 1 aromatic heterocycles. The minimum atomic E-state index is -0.723. The second-order valence-corrected chi connectivity index (χ2v) is 6.41. The van der Waals surface area contributed by atoms with E-state index >= 15 is 0 Å². The van der Waals surface area contributed by atoms with E-state index in [9.17, 15) is 14.0 Å². The van der Waals surface area contributed by atoms with E-state index in [2.05, 4.69) is 9.72 Å². The summed E-state index contributed by atoms with van der Waals surface area (Å²) in [4.78, 5) is 28.1. The summed E-state index contributed by atoms with van der Waals surface area (Å²) in [5.74, 6) is -1.09. The second-order valence-electron chi connectivity index (χ2n) is 5.53. The molecule has 4 nitrogen and oxygen atoms in total. The lowest BCUT2D eigenvalue weighted by molar-refractivity contribution is 0.0599. The summed E-state index contributed by atoms with van der Waals surface area (Å²) in [5, 5.41) is 0. The highest BCUT2D eigenvalue weighted by Crippen LogP contribution is 2.31.